The Labute approximate surface area is 84.9 Å². The van der Waals surface area contributed by atoms with Crippen LogP contribution in [0.1, 0.15) is 12.8 Å². The lowest BCUT2D eigenvalue weighted by Crippen LogP contribution is -2.28. The molecule has 0 unspecified atom stereocenters. The molecule has 0 spiro atoms. The second-order valence-electron chi connectivity index (χ2n) is 3.08. The van der Waals surface area contributed by atoms with Crippen LogP contribution in [0.4, 0.5) is 0 Å². The number of carbonyl (C=O) groups excluding carboxylic acids is 1. The van der Waals surface area contributed by atoms with Crippen LogP contribution in [0.25, 0.3) is 0 Å². The molecule has 1 aliphatic rings. The maximum atomic E-state index is 10.7. The van der Waals surface area contributed by atoms with Crippen molar-refractivity contribution in [3.63, 3.8) is 0 Å². The molecular formula is C9H9NO5. The van der Waals surface area contributed by atoms with Crippen molar-refractivity contribution in [1.29, 1.82) is 0 Å². The Balaban J connectivity index is 2.99. The van der Waals surface area contributed by atoms with Crippen molar-refractivity contribution in [3.8, 4) is 0 Å². The summed E-state index contributed by atoms with van der Waals surface area (Å²) in [5, 5.41) is 17.4. The molecule has 6 nitrogen and oxygen atoms in total. The zero-order valence-corrected chi connectivity index (χ0v) is 7.71. The van der Waals surface area contributed by atoms with Gasteiger partial charge in [0.05, 0.1) is 0 Å². The molecule has 1 atom stereocenters. The molecule has 15 heavy (non-hydrogen) atoms. The van der Waals surface area contributed by atoms with Crippen LogP contribution in [0.3, 0.4) is 0 Å². The van der Waals surface area contributed by atoms with Gasteiger partial charge in [-0.2, -0.15) is 0 Å². The zero-order valence-electron chi connectivity index (χ0n) is 7.71. The molecular weight excluding hydrogens is 202 g/mol. The van der Waals surface area contributed by atoms with Gasteiger partial charge in [0.2, 0.25) is 0 Å². The predicted octanol–water partition coefficient (Wildman–Crippen LogP) is -0.116. The van der Waals surface area contributed by atoms with Crippen LogP contribution in [0.2, 0.25) is 0 Å². The standard InChI is InChI=1S/C9H9NO5/c11-2-1-5-3-6(8(12)13)10-7(4-5)9(14)15/h1-2,6H,3-4H2,(H,12,13)(H,14,15)/t6-/m0/s1. The number of allylic oxidation sites excluding steroid dienone is 1. The normalized spacial score (nSPS) is 23.3. The van der Waals surface area contributed by atoms with Crippen LogP contribution in [0.15, 0.2) is 16.6 Å². The highest BCUT2D eigenvalue weighted by molar-refractivity contribution is 6.36. The second-order valence-corrected chi connectivity index (χ2v) is 3.08. The van der Waals surface area contributed by atoms with Gasteiger partial charge in [0.1, 0.15) is 12.0 Å². The first-order valence-corrected chi connectivity index (χ1v) is 4.20. The molecule has 0 amide bonds. The van der Waals surface area contributed by atoms with Crippen LogP contribution in [0.5, 0.6) is 0 Å². The van der Waals surface area contributed by atoms with Crippen molar-refractivity contribution in [2.45, 2.75) is 18.9 Å². The third kappa shape index (κ3) is 2.73. The molecule has 6 heteroatoms. The summed E-state index contributed by atoms with van der Waals surface area (Å²) in [6.45, 7) is 0. The van der Waals surface area contributed by atoms with E-state index in [1.54, 1.807) is 0 Å². The van der Waals surface area contributed by atoms with Crippen LogP contribution in [-0.2, 0) is 14.4 Å². The lowest BCUT2D eigenvalue weighted by molar-refractivity contribution is -0.138. The molecule has 80 valence electrons. The van der Waals surface area contributed by atoms with Gasteiger partial charge in [-0.1, -0.05) is 5.57 Å². The molecule has 1 rings (SSSR count). The average Bonchev–Trinajstić information content (AvgIpc) is 2.17. The SMILES string of the molecule is O=CC=C1CC(C(=O)O)=N[C@H](C(=O)O)C1. The molecule has 2 N–H and O–H groups in total. The van der Waals surface area contributed by atoms with E-state index >= 15 is 0 Å². The van der Waals surface area contributed by atoms with Crippen LogP contribution in [-0.4, -0.2) is 40.2 Å². The zero-order chi connectivity index (χ0) is 11.4. The minimum atomic E-state index is -1.25. The Morgan fingerprint density at radius 3 is 2.53 bits per heavy atom. The smallest absolute Gasteiger partial charge is 0.350 e. The van der Waals surface area contributed by atoms with E-state index < -0.39 is 18.0 Å². The Hall–Kier alpha value is -1.98. The van der Waals surface area contributed by atoms with Gasteiger partial charge in [-0.3, -0.25) is 9.79 Å². The Bertz CT molecular complexity index is 369. The highest BCUT2D eigenvalue weighted by Crippen LogP contribution is 2.19. The maximum Gasteiger partial charge on any atom is 0.350 e. The lowest BCUT2D eigenvalue weighted by atomic mass is 9.96. The highest BCUT2D eigenvalue weighted by Gasteiger charge is 2.27. The summed E-state index contributed by atoms with van der Waals surface area (Å²) < 4.78 is 0. The molecule has 0 bridgehead atoms. The molecule has 1 aliphatic heterocycles. The Morgan fingerprint density at radius 1 is 1.40 bits per heavy atom. The average molecular weight is 211 g/mol. The van der Waals surface area contributed by atoms with Gasteiger partial charge in [0.25, 0.3) is 0 Å². The number of carboxylic acids is 2. The van der Waals surface area contributed by atoms with Crippen molar-refractivity contribution in [2.24, 2.45) is 4.99 Å². The van der Waals surface area contributed by atoms with Crippen molar-refractivity contribution in [3.05, 3.63) is 11.6 Å². The molecule has 0 aromatic heterocycles. The lowest BCUT2D eigenvalue weighted by Gasteiger charge is -2.17. The van der Waals surface area contributed by atoms with Crippen molar-refractivity contribution in [1.82, 2.24) is 0 Å². The molecule has 0 fully saturated rings. The summed E-state index contributed by atoms with van der Waals surface area (Å²) in [6.07, 6.45) is 1.81. The first-order chi connectivity index (χ1) is 7.04. The first kappa shape index (κ1) is 11.1. The van der Waals surface area contributed by atoms with E-state index in [2.05, 4.69) is 4.99 Å². The number of rotatable bonds is 3. The molecule has 0 aliphatic carbocycles. The Morgan fingerprint density at radius 2 is 2.07 bits per heavy atom. The fraction of sp³-hybridized carbons (Fsp3) is 0.333. The van der Waals surface area contributed by atoms with E-state index in [-0.39, 0.29) is 18.6 Å². The van der Waals surface area contributed by atoms with Gasteiger partial charge in [-0.15, -0.1) is 0 Å². The summed E-state index contributed by atoms with van der Waals surface area (Å²) in [7, 11) is 0. The number of carboxylic acid groups (broad SMARTS) is 2. The van der Waals surface area contributed by atoms with E-state index in [1.807, 2.05) is 0 Å². The summed E-state index contributed by atoms with van der Waals surface area (Å²) >= 11 is 0. The number of nitrogens with zero attached hydrogens (tertiary/aromatic N) is 1. The number of aliphatic imine (C=N–C) groups is 1. The fourth-order valence-corrected chi connectivity index (χ4v) is 1.31. The van der Waals surface area contributed by atoms with Crippen molar-refractivity contribution < 1.29 is 24.6 Å². The molecule has 0 radical (unpaired) electrons. The summed E-state index contributed by atoms with van der Waals surface area (Å²) in [5.41, 5.74) is 0.256. The van der Waals surface area contributed by atoms with Crippen LogP contribution in [0, 0.1) is 0 Å². The molecule has 0 aromatic rings. The van der Waals surface area contributed by atoms with Crippen molar-refractivity contribution >= 4 is 23.9 Å². The molecule has 0 aromatic carbocycles. The van der Waals surface area contributed by atoms with E-state index in [0.29, 0.717) is 11.9 Å². The summed E-state index contributed by atoms with van der Waals surface area (Å²) in [6, 6.07) is -1.10. The van der Waals surface area contributed by atoms with E-state index in [4.69, 9.17) is 10.2 Å². The highest BCUT2D eigenvalue weighted by atomic mass is 16.4. The van der Waals surface area contributed by atoms with E-state index in [9.17, 15) is 14.4 Å². The summed E-state index contributed by atoms with van der Waals surface area (Å²) in [4.78, 5) is 35.1. The fourth-order valence-electron chi connectivity index (χ4n) is 1.31. The van der Waals surface area contributed by atoms with Crippen LogP contribution >= 0.6 is 0 Å². The molecule has 1 heterocycles. The predicted molar refractivity (Wildman–Crippen MR) is 49.9 cm³/mol. The maximum absolute atomic E-state index is 10.7. The topological polar surface area (TPSA) is 104 Å². The monoisotopic (exact) mass is 211 g/mol. The van der Waals surface area contributed by atoms with Crippen LogP contribution < -0.4 is 0 Å². The first-order valence-electron chi connectivity index (χ1n) is 4.20. The largest absolute Gasteiger partial charge is 0.480 e. The summed E-state index contributed by atoms with van der Waals surface area (Å²) in [5.74, 6) is -2.44. The molecule has 0 saturated heterocycles. The minimum Gasteiger partial charge on any atom is -0.480 e. The quantitative estimate of drug-likeness (QED) is 0.500. The van der Waals surface area contributed by atoms with E-state index in [1.165, 1.54) is 6.08 Å². The second kappa shape index (κ2) is 4.50. The third-order valence-electron chi connectivity index (χ3n) is 2.00. The number of hydrogen-bond donors (Lipinski definition) is 2. The van der Waals surface area contributed by atoms with Gasteiger partial charge in [-0.25, -0.2) is 9.59 Å². The van der Waals surface area contributed by atoms with Gasteiger partial charge in [-0.05, 0) is 6.08 Å². The van der Waals surface area contributed by atoms with Gasteiger partial charge in [0.15, 0.2) is 6.04 Å². The van der Waals surface area contributed by atoms with Gasteiger partial charge < -0.3 is 10.2 Å². The number of carbonyl (C=O) groups is 3. The van der Waals surface area contributed by atoms with Crippen molar-refractivity contribution in [2.75, 3.05) is 0 Å². The van der Waals surface area contributed by atoms with Gasteiger partial charge in [0, 0.05) is 12.8 Å². The number of aldehydes is 1. The number of hydrogen-bond acceptors (Lipinski definition) is 4. The number of aliphatic carboxylic acids is 2. The third-order valence-corrected chi connectivity index (χ3v) is 2.00. The Kier molecular flexibility index (Phi) is 3.33. The molecule has 0 saturated carbocycles. The van der Waals surface area contributed by atoms with E-state index in [0.717, 1.165) is 0 Å². The van der Waals surface area contributed by atoms with Gasteiger partial charge >= 0.3 is 11.9 Å². The minimum absolute atomic E-state index is 0.0256.